The molecule has 11 nitrogen and oxygen atoms in total. The van der Waals surface area contributed by atoms with Crippen LogP contribution in [0, 0.1) is 0 Å². The van der Waals surface area contributed by atoms with Gasteiger partial charge in [-0.3, -0.25) is 34.1 Å². The van der Waals surface area contributed by atoms with E-state index in [4.69, 9.17) is 0 Å². The van der Waals surface area contributed by atoms with Crippen molar-refractivity contribution < 1.29 is 29.7 Å². The molecule has 1 unspecified atom stereocenters. The molecule has 3 rings (SSSR count). The van der Waals surface area contributed by atoms with Gasteiger partial charge in [0.15, 0.2) is 0 Å². The van der Waals surface area contributed by atoms with E-state index in [1.165, 1.54) is 0 Å². The van der Waals surface area contributed by atoms with Gasteiger partial charge in [0.1, 0.15) is 0 Å². The maximum Gasteiger partial charge on any atom is 0.317 e. The fourth-order valence-corrected chi connectivity index (χ4v) is 4.69. The van der Waals surface area contributed by atoms with Gasteiger partial charge in [-0.2, -0.15) is 0 Å². The van der Waals surface area contributed by atoms with Crippen molar-refractivity contribution in [3.63, 3.8) is 0 Å². The molecule has 1 aromatic heterocycles. The van der Waals surface area contributed by atoms with E-state index in [1.54, 1.807) is 9.80 Å². The highest BCUT2D eigenvalue weighted by molar-refractivity contribution is 5.70. The highest BCUT2D eigenvalue weighted by atomic mass is 16.4. The number of aliphatic carboxylic acids is 3. The zero-order chi connectivity index (χ0) is 27.7. The van der Waals surface area contributed by atoms with Crippen LogP contribution in [0.25, 0.3) is 0 Å². The molecule has 1 aliphatic heterocycles. The molecule has 4 N–H and O–H groups in total. The van der Waals surface area contributed by atoms with Crippen molar-refractivity contribution in [3.05, 3.63) is 59.4 Å². The second-order valence-electron chi connectivity index (χ2n) is 10.0. The van der Waals surface area contributed by atoms with Gasteiger partial charge < -0.3 is 20.6 Å². The highest BCUT2D eigenvalue weighted by Crippen LogP contribution is 2.18. The number of fused-ring (bicyclic) bond motifs is 2. The van der Waals surface area contributed by atoms with Crippen molar-refractivity contribution in [3.8, 4) is 0 Å². The summed E-state index contributed by atoms with van der Waals surface area (Å²) in [5.41, 5.74) is 3.33. The van der Waals surface area contributed by atoms with Crippen LogP contribution in [0.3, 0.4) is 0 Å². The van der Waals surface area contributed by atoms with Gasteiger partial charge in [0, 0.05) is 50.5 Å². The summed E-state index contributed by atoms with van der Waals surface area (Å²) in [6.07, 6.45) is 0.504. The molecule has 2 heterocycles. The molecule has 1 aromatic carbocycles. The molecule has 38 heavy (non-hydrogen) atoms. The minimum atomic E-state index is -0.999. The van der Waals surface area contributed by atoms with Crippen molar-refractivity contribution in [1.29, 1.82) is 0 Å². The van der Waals surface area contributed by atoms with Crippen molar-refractivity contribution >= 4 is 23.6 Å². The molecule has 0 saturated carbocycles. The van der Waals surface area contributed by atoms with Crippen LogP contribution in [-0.2, 0) is 33.9 Å². The van der Waals surface area contributed by atoms with Crippen LogP contribution in [0.4, 0.5) is 5.69 Å². The van der Waals surface area contributed by atoms with E-state index in [1.807, 2.05) is 47.4 Å². The minimum absolute atomic E-state index is 0.196. The Morgan fingerprint density at radius 2 is 1.45 bits per heavy atom. The molecule has 0 radical (unpaired) electrons. The lowest BCUT2D eigenvalue weighted by molar-refractivity contribution is -0.141. The summed E-state index contributed by atoms with van der Waals surface area (Å²) in [6, 6.07) is 13.4. The number of pyridine rings is 1. The Morgan fingerprint density at radius 1 is 0.868 bits per heavy atom. The third kappa shape index (κ3) is 9.73. The molecule has 11 heteroatoms. The van der Waals surface area contributed by atoms with Crippen molar-refractivity contribution in [1.82, 2.24) is 19.7 Å². The van der Waals surface area contributed by atoms with Gasteiger partial charge in [0.25, 0.3) is 0 Å². The Kier molecular flexibility index (Phi) is 10.6. The summed E-state index contributed by atoms with van der Waals surface area (Å²) in [7, 11) is 0. The van der Waals surface area contributed by atoms with E-state index in [9.17, 15) is 29.7 Å². The fraction of sp³-hybridized carbons (Fsp3) is 0.481. The molecular formula is C27H37N5O6. The number of aromatic nitrogens is 1. The second kappa shape index (κ2) is 13.8. The third-order valence-electron chi connectivity index (χ3n) is 6.27. The van der Waals surface area contributed by atoms with Crippen LogP contribution in [0.5, 0.6) is 0 Å². The third-order valence-corrected chi connectivity index (χ3v) is 6.27. The maximum absolute atomic E-state index is 11.9. The van der Waals surface area contributed by atoms with Gasteiger partial charge in [-0.15, -0.1) is 0 Å². The van der Waals surface area contributed by atoms with Gasteiger partial charge in [-0.05, 0) is 50.1 Å². The smallest absolute Gasteiger partial charge is 0.317 e. The van der Waals surface area contributed by atoms with Crippen LogP contribution in [0.1, 0.15) is 30.8 Å². The Bertz CT molecular complexity index is 1090. The van der Waals surface area contributed by atoms with Crippen LogP contribution in [-0.4, -0.2) is 104 Å². The zero-order valence-electron chi connectivity index (χ0n) is 21.9. The lowest BCUT2D eigenvalue weighted by Crippen LogP contribution is -2.50. The Labute approximate surface area is 222 Å². The van der Waals surface area contributed by atoms with Crippen molar-refractivity contribution in [2.45, 2.75) is 45.4 Å². The van der Waals surface area contributed by atoms with Gasteiger partial charge in [0.05, 0.1) is 31.0 Å². The number of nitrogens with zero attached hydrogens (tertiary/aromatic N) is 4. The minimum Gasteiger partial charge on any atom is -0.480 e. The monoisotopic (exact) mass is 527 g/mol. The normalized spacial score (nSPS) is 17.9. The standard InChI is InChI=1S/C27H37N5O6/c1-19(2)28-21-8-6-20(7-9-21)12-24-15-31(17-26(35)36)11-10-30(16-25(33)34)13-22-4-3-5-23(29-22)14-32(24)18-27(37)38/h3-9,19,24,28H,10-18H2,1-2H3,(H,33,34)(H,35,36)(H,37,38). The number of anilines is 1. The number of nitrogens with one attached hydrogen (secondary N) is 1. The Hall–Kier alpha value is -3.54. The molecule has 1 aliphatic rings. The summed E-state index contributed by atoms with van der Waals surface area (Å²) < 4.78 is 0. The first-order valence-corrected chi connectivity index (χ1v) is 12.7. The number of carboxylic acid groups (broad SMARTS) is 3. The van der Waals surface area contributed by atoms with Crippen LogP contribution >= 0.6 is 0 Å². The molecule has 0 spiro atoms. The number of hydrogen-bond donors (Lipinski definition) is 4. The molecule has 1 atom stereocenters. The summed E-state index contributed by atoms with van der Waals surface area (Å²) in [4.78, 5) is 45.1. The van der Waals surface area contributed by atoms with Gasteiger partial charge in [0.2, 0.25) is 0 Å². The number of carbonyl (C=O) groups is 3. The average Bonchev–Trinajstić information content (AvgIpc) is 2.81. The van der Waals surface area contributed by atoms with E-state index < -0.39 is 17.9 Å². The van der Waals surface area contributed by atoms with E-state index in [2.05, 4.69) is 24.1 Å². The largest absolute Gasteiger partial charge is 0.480 e. The Balaban J connectivity index is 1.96. The number of rotatable bonds is 10. The molecular weight excluding hydrogens is 490 g/mol. The first-order chi connectivity index (χ1) is 18.1. The van der Waals surface area contributed by atoms with E-state index in [0.717, 1.165) is 11.3 Å². The van der Waals surface area contributed by atoms with Crippen LogP contribution < -0.4 is 5.32 Å². The van der Waals surface area contributed by atoms with Gasteiger partial charge >= 0.3 is 17.9 Å². The van der Waals surface area contributed by atoms with Gasteiger partial charge in [-0.1, -0.05) is 18.2 Å². The Morgan fingerprint density at radius 3 is 2.05 bits per heavy atom. The van der Waals surface area contributed by atoms with E-state index in [0.29, 0.717) is 44.0 Å². The lowest BCUT2D eigenvalue weighted by Gasteiger charge is -2.36. The number of hydrogen-bond acceptors (Lipinski definition) is 8. The lowest BCUT2D eigenvalue weighted by atomic mass is 10.0. The predicted molar refractivity (Wildman–Crippen MR) is 142 cm³/mol. The second-order valence-corrected chi connectivity index (χ2v) is 10.0. The molecule has 0 amide bonds. The zero-order valence-corrected chi connectivity index (χ0v) is 21.9. The SMILES string of the molecule is CC(C)Nc1ccc(CC2CN(CC(=O)O)CCN(CC(=O)O)Cc3cccc(n3)CN2CC(=O)O)cc1. The summed E-state index contributed by atoms with van der Waals surface area (Å²) in [5.74, 6) is -2.95. The molecule has 2 aromatic rings. The molecule has 0 saturated heterocycles. The van der Waals surface area contributed by atoms with Crippen molar-refractivity contribution in [2.24, 2.45) is 0 Å². The molecule has 0 aliphatic carbocycles. The quantitative estimate of drug-likeness (QED) is 0.358. The average molecular weight is 528 g/mol. The first-order valence-electron chi connectivity index (χ1n) is 12.7. The fourth-order valence-electron chi connectivity index (χ4n) is 4.69. The van der Waals surface area contributed by atoms with Crippen LogP contribution in [0.15, 0.2) is 42.5 Å². The van der Waals surface area contributed by atoms with Crippen LogP contribution in [0.2, 0.25) is 0 Å². The summed E-state index contributed by atoms with van der Waals surface area (Å²) in [5, 5.41) is 32.1. The van der Waals surface area contributed by atoms with Crippen molar-refractivity contribution in [2.75, 3.05) is 44.6 Å². The topological polar surface area (TPSA) is 147 Å². The number of carboxylic acids is 3. The maximum atomic E-state index is 11.9. The van der Waals surface area contributed by atoms with E-state index in [-0.39, 0.29) is 38.3 Å². The summed E-state index contributed by atoms with van der Waals surface area (Å²) in [6.45, 7) is 4.94. The first kappa shape index (κ1) is 29.0. The molecule has 2 bridgehead atoms. The van der Waals surface area contributed by atoms with Gasteiger partial charge in [-0.25, -0.2) is 0 Å². The molecule has 0 fully saturated rings. The predicted octanol–water partition coefficient (Wildman–Crippen LogP) is 1.69. The number of benzene rings is 1. The highest BCUT2D eigenvalue weighted by Gasteiger charge is 2.27. The molecule has 206 valence electrons. The van der Waals surface area contributed by atoms with E-state index >= 15 is 0 Å². The summed E-state index contributed by atoms with van der Waals surface area (Å²) >= 11 is 0.